The van der Waals surface area contributed by atoms with Crippen molar-refractivity contribution < 1.29 is 0 Å². The summed E-state index contributed by atoms with van der Waals surface area (Å²) < 4.78 is 0. The SMILES string of the molecule is C=C[Si](C)(C)CCCCCCCCCCc1cnc(-c2ccc(-c3ccc(CCCCCC)cc3)cc2)nc1. The number of nitrogens with zero attached hydrogens (tertiary/aromatic N) is 2. The van der Waals surface area contributed by atoms with Gasteiger partial charge in [0, 0.05) is 18.0 Å². The highest BCUT2D eigenvalue weighted by Gasteiger charge is 2.14. The van der Waals surface area contributed by atoms with E-state index < -0.39 is 8.07 Å². The number of rotatable bonds is 19. The van der Waals surface area contributed by atoms with E-state index in [4.69, 9.17) is 0 Å². The van der Waals surface area contributed by atoms with Crippen LogP contribution in [0.5, 0.6) is 0 Å². The van der Waals surface area contributed by atoms with Crippen molar-refractivity contribution in [2.24, 2.45) is 0 Å². The highest BCUT2D eigenvalue weighted by atomic mass is 28.3. The van der Waals surface area contributed by atoms with Crippen LogP contribution in [-0.2, 0) is 12.8 Å². The topological polar surface area (TPSA) is 25.8 Å². The third-order valence-corrected chi connectivity index (χ3v) is 10.8. The zero-order valence-corrected chi connectivity index (χ0v) is 26.1. The van der Waals surface area contributed by atoms with Crippen LogP contribution >= 0.6 is 0 Å². The average Bonchev–Trinajstić information content (AvgIpc) is 2.97. The van der Waals surface area contributed by atoms with Crippen molar-refractivity contribution in [1.82, 2.24) is 9.97 Å². The van der Waals surface area contributed by atoms with Gasteiger partial charge in [0.05, 0.1) is 8.07 Å². The first-order valence-electron chi connectivity index (χ1n) is 15.6. The lowest BCUT2D eigenvalue weighted by molar-refractivity contribution is 0.574. The molecule has 1 heterocycles. The molecule has 0 aliphatic heterocycles. The predicted molar refractivity (Wildman–Crippen MR) is 174 cm³/mol. The average molecular weight is 541 g/mol. The van der Waals surface area contributed by atoms with Gasteiger partial charge in [0.25, 0.3) is 0 Å². The Bertz CT molecular complexity index is 1070. The van der Waals surface area contributed by atoms with Gasteiger partial charge in [0.15, 0.2) is 5.82 Å². The third kappa shape index (κ3) is 11.6. The lowest BCUT2D eigenvalue weighted by atomic mass is 10.00. The molecule has 0 amide bonds. The summed E-state index contributed by atoms with van der Waals surface area (Å²) in [4.78, 5) is 9.34. The second-order valence-corrected chi connectivity index (χ2v) is 16.9. The number of hydrogen-bond donors (Lipinski definition) is 0. The van der Waals surface area contributed by atoms with Gasteiger partial charge in [0.2, 0.25) is 0 Å². The Balaban J connectivity index is 1.33. The minimum Gasteiger partial charge on any atom is -0.236 e. The minimum atomic E-state index is -1.09. The highest BCUT2D eigenvalue weighted by Crippen LogP contribution is 2.24. The normalized spacial score (nSPS) is 11.6. The maximum Gasteiger partial charge on any atom is 0.159 e. The zero-order valence-electron chi connectivity index (χ0n) is 25.1. The molecule has 0 saturated carbocycles. The van der Waals surface area contributed by atoms with E-state index in [1.807, 2.05) is 12.4 Å². The predicted octanol–water partition coefficient (Wildman–Crippen LogP) is 11.0. The first kappa shape index (κ1) is 31.0. The Morgan fingerprint density at radius 3 is 1.62 bits per heavy atom. The summed E-state index contributed by atoms with van der Waals surface area (Å²) in [6, 6.07) is 19.1. The zero-order chi connectivity index (χ0) is 27.8. The van der Waals surface area contributed by atoms with Crippen molar-refractivity contribution in [3.8, 4) is 22.5 Å². The molecule has 0 aliphatic rings. The summed E-state index contributed by atoms with van der Waals surface area (Å²) in [5, 5.41) is 0. The molecule has 0 aliphatic carbocycles. The molecule has 2 aromatic carbocycles. The Kier molecular flexibility index (Phi) is 13.7. The first-order chi connectivity index (χ1) is 19.0. The van der Waals surface area contributed by atoms with Gasteiger partial charge in [-0.3, -0.25) is 0 Å². The number of hydrogen-bond acceptors (Lipinski definition) is 2. The van der Waals surface area contributed by atoms with Gasteiger partial charge in [-0.15, -0.1) is 12.3 Å². The summed E-state index contributed by atoms with van der Waals surface area (Å²) in [6.45, 7) is 11.1. The minimum absolute atomic E-state index is 0.812. The largest absolute Gasteiger partial charge is 0.236 e. The maximum atomic E-state index is 4.67. The molecule has 3 aromatic rings. The molecule has 0 fully saturated rings. The Morgan fingerprint density at radius 2 is 1.05 bits per heavy atom. The number of aromatic nitrogens is 2. The monoisotopic (exact) mass is 540 g/mol. The second kappa shape index (κ2) is 17.2. The van der Waals surface area contributed by atoms with Crippen LogP contribution in [0, 0.1) is 0 Å². The molecule has 0 atom stereocenters. The molecule has 0 spiro atoms. The molecule has 3 heteroatoms. The standard InChI is InChI=1S/C36H52N2Si/c1-5-7-8-15-18-31-20-22-33(23-21-31)34-24-26-35(27-25-34)36-37-29-32(30-38-36)19-16-13-11-9-10-12-14-17-28-39(3,4)6-2/h6,20-27,29-30H,2,5,7-19,28H2,1,3-4H3. The Labute approximate surface area is 240 Å². The van der Waals surface area contributed by atoms with Gasteiger partial charge in [0.1, 0.15) is 0 Å². The van der Waals surface area contributed by atoms with E-state index in [1.54, 1.807) is 0 Å². The van der Waals surface area contributed by atoms with E-state index in [1.165, 1.54) is 112 Å². The number of benzene rings is 2. The van der Waals surface area contributed by atoms with E-state index >= 15 is 0 Å². The van der Waals surface area contributed by atoms with Crippen molar-refractivity contribution in [2.75, 3.05) is 0 Å². The smallest absolute Gasteiger partial charge is 0.159 e. The molecule has 2 nitrogen and oxygen atoms in total. The van der Waals surface area contributed by atoms with Gasteiger partial charge in [-0.2, -0.15) is 0 Å². The van der Waals surface area contributed by atoms with Crippen LogP contribution in [0.15, 0.2) is 73.2 Å². The summed E-state index contributed by atoms with van der Waals surface area (Å²) >= 11 is 0. The second-order valence-electron chi connectivity index (χ2n) is 12.0. The maximum absolute atomic E-state index is 4.67. The van der Waals surface area contributed by atoms with Gasteiger partial charge in [-0.05, 0) is 47.9 Å². The van der Waals surface area contributed by atoms with Crippen LogP contribution in [0.25, 0.3) is 22.5 Å². The van der Waals surface area contributed by atoms with Crippen molar-refractivity contribution >= 4 is 8.07 Å². The van der Waals surface area contributed by atoms with Crippen LogP contribution in [0.4, 0.5) is 0 Å². The molecule has 0 N–H and O–H groups in total. The van der Waals surface area contributed by atoms with Crippen molar-refractivity contribution in [3.05, 3.63) is 84.3 Å². The van der Waals surface area contributed by atoms with E-state index in [-0.39, 0.29) is 0 Å². The quantitative estimate of drug-likeness (QED) is 0.112. The lowest BCUT2D eigenvalue weighted by Crippen LogP contribution is -2.21. The Hall–Kier alpha value is -2.52. The van der Waals surface area contributed by atoms with E-state index in [9.17, 15) is 0 Å². The fourth-order valence-corrected chi connectivity index (χ4v) is 6.50. The molecular formula is C36H52N2Si. The number of aryl methyl sites for hydroxylation is 2. The molecular weight excluding hydrogens is 488 g/mol. The van der Waals surface area contributed by atoms with Crippen molar-refractivity contribution in [2.45, 2.75) is 116 Å². The number of unbranched alkanes of at least 4 members (excludes halogenated alkanes) is 10. The van der Waals surface area contributed by atoms with Gasteiger partial charge >= 0.3 is 0 Å². The fourth-order valence-electron chi connectivity index (χ4n) is 5.14. The summed E-state index contributed by atoms with van der Waals surface area (Å²) in [6.07, 6.45) is 22.4. The molecule has 0 saturated heterocycles. The van der Waals surface area contributed by atoms with E-state index in [0.29, 0.717) is 0 Å². The summed E-state index contributed by atoms with van der Waals surface area (Å²) in [5.74, 6) is 0.812. The van der Waals surface area contributed by atoms with Crippen LogP contribution in [-0.4, -0.2) is 18.0 Å². The molecule has 3 rings (SSSR count). The van der Waals surface area contributed by atoms with Gasteiger partial charge in [-0.25, -0.2) is 9.97 Å². The van der Waals surface area contributed by atoms with Crippen LogP contribution in [0.2, 0.25) is 19.1 Å². The van der Waals surface area contributed by atoms with Crippen LogP contribution in [0.3, 0.4) is 0 Å². The van der Waals surface area contributed by atoms with E-state index in [0.717, 1.165) is 17.8 Å². The lowest BCUT2D eigenvalue weighted by Gasteiger charge is -2.16. The molecule has 210 valence electrons. The van der Waals surface area contributed by atoms with E-state index in [2.05, 4.69) is 90.8 Å². The van der Waals surface area contributed by atoms with Gasteiger partial charge < -0.3 is 0 Å². The highest BCUT2D eigenvalue weighted by molar-refractivity contribution is 6.82. The van der Waals surface area contributed by atoms with Crippen molar-refractivity contribution in [1.29, 1.82) is 0 Å². The first-order valence-corrected chi connectivity index (χ1v) is 18.9. The summed E-state index contributed by atoms with van der Waals surface area (Å²) in [7, 11) is -1.09. The fraction of sp³-hybridized carbons (Fsp3) is 0.500. The van der Waals surface area contributed by atoms with Crippen molar-refractivity contribution in [3.63, 3.8) is 0 Å². The van der Waals surface area contributed by atoms with Crippen LogP contribution < -0.4 is 0 Å². The molecule has 1 aromatic heterocycles. The molecule has 0 bridgehead atoms. The Morgan fingerprint density at radius 1 is 0.590 bits per heavy atom. The third-order valence-electron chi connectivity index (χ3n) is 8.04. The molecule has 39 heavy (non-hydrogen) atoms. The molecule has 0 unspecified atom stereocenters. The van der Waals surface area contributed by atoms with Gasteiger partial charge in [-0.1, -0.05) is 139 Å². The summed E-state index contributed by atoms with van der Waals surface area (Å²) in [5.41, 5.74) is 8.51. The van der Waals surface area contributed by atoms with Crippen LogP contribution in [0.1, 0.15) is 95.1 Å². The molecule has 0 radical (unpaired) electrons.